The molecule has 0 fully saturated rings. The molecule has 1 heterocycles. The number of hydrogen-bond donors (Lipinski definition) is 3. The van der Waals surface area contributed by atoms with Crippen LogP contribution in [0.1, 0.15) is 59.3 Å². The fourth-order valence-electron chi connectivity index (χ4n) is 3.67. The van der Waals surface area contributed by atoms with E-state index in [1.54, 1.807) is 6.92 Å². The van der Waals surface area contributed by atoms with Crippen LogP contribution in [0.2, 0.25) is 0 Å². The van der Waals surface area contributed by atoms with Gasteiger partial charge in [-0.1, -0.05) is 13.8 Å². The second-order valence-electron chi connectivity index (χ2n) is 8.34. The number of hydrogen-bond acceptors (Lipinski definition) is 5. The summed E-state index contributed by atoms with van der Waals surface area (Å²) in [6.45, 7) is 5.05. The molecule has 2 aromatic rings. The number of halogens is 3. The Morgan fingerprint density at radius 2 is 2.03 bits per heavy atom. The molecule has 1 aromatic carbocycles. The van der Waals surface area contributed by atoms with Gasteiger partial charge in [0, 0.05) is 18.2 Å². The van der Waals surface area contributed by atoms with E-state index in [1.165, 1.54) is 18.2 Å². The van der Waals surface area contributed by atoms with E-state index in [1.807, 2.05) is 13.8 Å². The van der Waals surface area contributed by atoms with Crippen molar-refractivity contribution in [2.75, 3.05) is 11.9 Å². The van der Waals surface area contributed by atoms with Crippen molar-refractivity contribution in [2.45, 2.75) is 45.8 Å². The van der Waals surface area contributed by atoms with E-state index in [-0.39, 0.29) is 42.1 Å². The molecule has 1 aromatic heterocycles. The summed E-state index contributed by atoms with van der Waals surface area (Å²) in [6, 6.07) is 3.80. The minimum Gasteiger partial charge on any atom is -0.394 e. The Balaban J connectivity index is 2.22. The normalized spacial score (nSPS) is 16.8. The van der Waals surface area contributed by atoms with Crippen molar-refractivity contribution >= 4 is 17.4 Å². The lowest BCUT2D eigenvalue weighted by Crippen LogP contribution is -2.29. The van der Waals surface area contributed by atoms with Crippen molar-refractivity contribution in [3.63, 3.8) is 0 Å². The summed E-state index contributed by atoms with van der Waals surface area (Å²) >= 11 is 0. The van der Waals surface area contributed by atoms with E-state index >= 15 is 0 Å². The van der Waals surface area contributed by atoms with Gasteiger partial charge in [0.1, 0.15) is 0 Å². The molecule has 10 heteroatoms. The van der Waals surface area contributed by atoms with Crippen molar-refractivity contribution in [1.82, 2.24) is 9.78 Å². The largest absolute Gasteiger partial charge is 0.435 e. The molecule has 0 unspecified atom stereocenters. The number of aromatic nitrogens is 2. The first-order valence-corrected chi connectivity index (χ1v) is 9.38. The molecule has 7 nitrogen and oxygen atoms in total. The number of fused-ring (bicyclic) bond motifs is 1. The molecule has 0 saturated heterocycles. The van der Waals surface area contributed by atoms with E-state index in [4.69, 9.17) is 5.73 Å². The zero-order valence-electron chi connectivity index (χ0n) is 16.8. The molecule has 4 N–H and O–H groups in total. The highest BCUT2D eigenvalue weighted by Crippen LogP contribution is 2.42. The number of carbonyl (C=O) groups is 2. The molecular weight excluding hydrogens is 401 g/mol. The van der Waals surface area contributed by atoms with Gasteiger partial charge in [-0.2, -0.15) is 18.3 Å². The molecule has 3 rings (SSSR count). The number of nitrogens with one attached hydrogen (secondary N) is 1. The number of amides is 1. The van der Waals surface area contributed by atoms with Crippen molar-refractivity contribution < 1.29 is 27.9 Å². The van der Waals surface area contributed by atoms with Crippen molar-refractivity contribution in [2.24, 2.45) is 11.1 Å². The number of anilines is 1. The quantitative estimate of drug-likeness (QED) is 0.684. The summed E-state index contributed by atoms with van der Waals surface area (Å²) in [6.07, 6.45) is -4.56. The summed E-state index contributed by atoms with van der Waals surface area (Å²) in [5.74, 6) is -1.33. The Labute approximate surface area is 171 Å². The summed E-state index contributed by atoms with van der Waals surface area (Å²) < 4.78 is 41.9. The van der Waals surface area contributed by atoms with Gasteiger partial charge in [-0.15, -0.1) is 0 Å². The van der Waals surface area contributed by atoms with E-state index in [9.17, 15) is 27.9 Å². The highest BCUT2D eigenvalue weighted by Gasteiger charge is 2.45. The molecule has 1 atom stereocenters. The number of nitrogens with two attached hydrogens (primary N) is 1. The lowest BCUT2D eigenvalue weighted by atomic mass is 9.75. The van der Waals surface area contributed by atoms with Gasteiger partial charge in [-0.05, 0) is 37.0 Å². The van der Waals surface area contributed by atoms with Gasteiger partial charge in [-0.25, -0.2) is 4.68 Å². The van der Waals surface area contributed by atoms with Crippen LogP contribution >= 0.6 is 0 Å². The Morgan fingerprint density at radius 1 is 1.37 bits per heavy atom. The van der Waals surface area contributed by atoms with Gasteiger partial charge in [0.25, 0.3) is 5.91 Å². The summed E-state index contributed by atoms with van der Waals surface area (Å²) in [5, 5.41) is 15.9. The van der Waals surface area contributed by atoms with Gasteiger partial charge in [0.2, 0.25) is 0 Å². The number of primary amides is 1. The average Bonchev–Trinajstić information content (AvgIpc) is 3.00. The Hall–Kier alpha value is -2.88. The summed E-state index contributed by atoms with van der Waals surface area (Å²) in [4.78, 5) is 24.3. The molecule has 0 saturated carbocycles. The fraction of sp³-hybridized carbons (Fsp3) is 0.450. The predicted octanol–water partition coefficient (Wildman–Crippen LogP) is 2.94. The fourth-order valence-corrected chi connectivity index (χ4v) is 3.67. The van der Waals surface area contributed by atoms with Crippen LogP contribution in [0.4, 0.5) is 18.9 Å². The lowest BCUT2D eigenvalue weighted by molar-refractivity contribution is -0.141. The topological polar surface area (TPSA) is 110 Å². The van der Waals surface area contributed by atoms with Crippen molar-refractivity contribution in [3.05, 3.63) is 40.7 Å². The first-order valence-electron chi connectivity index (χ1n) is 9.38. The molecule has 162 valence electrons. The molecular formula is C20H23F3N4O3. The second kappa shape index (κ2) is 7.42. The van der Waals surface area contributed by atoms with Crippen LogP contribution in [-0.4, -0.2) is 39.2 Å². The molecule has 0 spiro atoms. The molecule has 0 radical (unpaired) electrons. The van der Waals surface area contributed by atoms with E-state index in [0.29, 0.717) is 0 Å². The molecule has 1 aliphatic carbocycles. The minimum atomic E-state index is -4.79. The predicted molar refractivity (Wildman–Crippen MR) is 104 cm³/mol. The molecule has 1 amide bonds. The summed E-state index contributed by atoms with van der Waals surface area (Å²) in [7, 11) is 0. The zero-order chi connectivity index (χ0) is 22.4. The number of Topliss-reactive ketones (excluding diaryl/α,β-unsaturated/α-hetero) is 1. The van der Waals surface area contributed by atoms with Crippen LogP contribution in [0.3, 0.4) is 0 Å². The van der Waals surface area contributed by atoms with Gasteiger partial charge in [0.15, 0.2) is 11.5 Å². The Kier molecular flexibility index (Phi) is 5.40. The lowest BCUT2D eigenvalue weighted by Gasteiger charge is -2.29. The van der Waals surface area contributed by atoms with E-state index in [0.717, 1.165) is 4.68 Å². The monoisotopic (exact) mass is 424 g/mol. The maximum atomic E-state index is 13.6. The van der Waals surface area contributed by atoms with Crippen molar-refractivity contribution in [1.29, 1.82) is 0 Å². The smallest absolute Gasteiger partial charge is 0.394 e. The van der Waals surface area contributed by atoms with Crippen LogP contribution in [0, 0.1) is 5.41 Å². The van der Waals surface area contributed by atoms with Crippen molar-refractivity contribution in [3.8, 4) is 5.69 Å². The minimum absolute atomic E-state index is 0.00376. The number of nitrogens with zero attached hydrogens (tertiary/aromatic N) is 2. The Morgan fingerprint density at radius 3 is 2.60 bits per heavy atom. The third-order valence-electron chi connectivity index (χ3n) is 5.00. The van der Waals surface area contributed by atoms with E-state index < -0.39 is 40.6 Å². The summed E-state index contributed by atoms with van der Waals surface area (Å²) in [5.41, 5.74) is 4.04. The number of aliphatic hydroxyl groups is 1. The molecule has 0 aliphatic heterocycles. The first-order chi connectivity index (χ1) is 13.8. The number of ketones is 1. The number of benzene rings is 1. The van der Waals surface area contributed by atoms with Gasteiger partial charge in [0.05, 0.1) is 29.1 Å². The van der Waals surface area contributed by atoms with Crippen LogP contribution in [0.15, 0.2) is 18.2 Å². The Bertz CT molecular complexity index is 1010. The molecule has 1 aliphatic rings. The highest BCUT2D eigenvalue weighted by atomic mass is 19.4. The molecule has 30 heavy (non-hydrogen) atoms. The van der Waals surface area contributed by atoms with Crippen LogP contribution in [-0.2, 0) is 12.6 Å². The molecule has 0 bridgehead atoms. The number of alkyl halides is 3. The first kappa shape index (κ1) is 21.8. The third-order valence-corrected chi connectivity index (χ3v) is 5.00. The maximum Gasteiger partial charge on any atom is 0.435 e. The highest BCUT2D eigenvalue weighted by molar-refractivity contribution is 6.00. The third kappa shape index (κ3) is 4.04. The standard InChI is InChI=1S/C20H23F3N4O3/c1-10(9-28)25-13-6-11(4-5-12(13)18(24)30)27-14-7-19(2,3)8-15(29)16(14)17(26-27)20(21,22)23/h4-6,10,25,28H,7-9H2,1-3H3,(H2,24,30)/t10-/m0/s1. The van der Waals surface area contributed by atoms with Gasteiger partial charge >= 0.3 is 6.18 Å². The van der Waals surface area contributed by atoms with Gasteiger partial charge in [-0.3, -0.25) is 9.59 Å². The number of rotatable bonds is 5. The van der Waals surface area contributed by atoms with Crippen LogP contribution in [0.5, 0.6) is 0 Å². The zero-order valence-corrected chi connectivity index (χ0v) is 16.8. The average molecular weight is 424 g/mol. The van der Waals surface area contributed by atoms with Gasteiger partial charge < -0.3 is 16.2 Å². The SMILES string of the molecule is C[C@@H](CO)Nc1cc(-n2nc(C(F)(F)F)c3c2CC(C)(C)CC3=O)ccc1C(N)=O. The van der Waals surface area contributed by atoms with Crippen LogP contribution in [0.25, 0.3) is 5.69 Å². The number of carbonyl (C=O) groups excluding carboxylic acids is 2. The van der Waals surface area contributed by atoms with Crippen LogP contribution < -0.4 is 11.1 Å². The maximum absolute atomic E-state index is 13.6. The van der Waals surface area contributed by atoms with E-state index in [2.05, 4.69) is 10.4 Å². The second-order valence-corrected chi connectivity index (χ2v) is 8.34. The number of aliphatic hydroxyl groups excluding tert-OH is 1.